The molecular weight excluding hydrogens is 302 g/mol. The van der Waals surface area contributed by atoms with Crippen LogP contribution in [-0.2, 0) is 15.9 Å². The number of anilines is 1. The third-order valence-corrected chi connectivity index (χ3v) is 5.02. The van der Waals surface area contributed by atoms with Crippen molar-refractivity contribution in [2.45, 2.75) is 57.8 Å². The van der Waals surface area contributed by atoms with E-state index in [-0.39, 0.29) is 11.9 Å². The largest absolute Gasteiger partial charge is 0.370 e. The van der Waals surface area contributed by atoms with Crippen LogP contribution in [-0.4, -0.2) is 31.0 Å². The number of nitrogens with zero attached hydrogens (tertiary/aromatic N) is 1. The molecule has 24 heavy (non-hydrogen) atoms. The molecule has 1 aromatic rings. The monoisotopic (exact) mass is 331 g/mol. The molecule has 2 aliphatic rings. The summed E-state index contributed by atoms with van der Waals surface area (Å²) < 4.78 is 12.1. The number of nitrogens with two attached hydrogens (primary N) is 1. The fourth-order valence-corrected chi connectivity index (χ4v) is 3.43. The zero-order chi connectivity index (χ0) is 17.0. The molecule has 0 aromatic heterocycles. The Hall–Kier alpha value is -1.59. The summed E-state index contributed by atoms with van der Waals surface area (Å²) in [6.07, 6.45) is 5.33. The number of aryl methyl sites for hydroxylation is 1. The summed E-state index contributed by atoms with van der Waals surface area (Å²) in [5.41, 5.74) is 8.25. The van der Waals surface area contributed by atoms with Crippen molar-refractivity contribution in [1.82, 2.24) is 0 Å². The molecule has 1 heterocycles. The van der Waals surface area contributed by atoms with Crippen LogP contribution in [0.15, 0.2) is 29.3 Å². The van der Waals surface area contributed by atoms with E-state index in [0.29, 0.717) is 19.1 Å². The molecule has 3 rings (SSSR count). The van der Waals surface area contributed by atoms with Gasteiger partial charge in [0.15, 0.2) is 11.7 Å². The van der Waals surface area contributed by atoms with Gasteiger partial charge in [0, 0.05) is 18.5 Å². The maximum atomic E-state index is 6.16. The first-order valence-electron chi connectivity index (χ1n) is 9.06. The number of rotatable bonds is 4. The van der Waals surface area contributed by atoms with Crippen molar-refractivity contribution in [1.29, 1.82) is 0 Å². The lowest BCUT2D eigenvalue weighted by molar-refractivity contribution is -0.190. The molecule has 2 fully saturated rings. The third kappa shape index (κ3) is 4.28. The highest BCUT2D eigenvalue weighted by molar-refractivity contribution is 5.92. The average molecular weight is 331 g/mol. The second-order valence-corrected chi connectivity index (χ2v) is 7.05. The highest BCUT2D eigenvalue weighted by Gasteiger charge is 2.43. The van der Waals surface area contributed by atoms with E-state index >= 15 is 0 Å². The molecule has 5 nitrogen and oxygen atoms in total. The third-order valence-electron chi connectivity index (χ3n) is 5.02. The van der Waals surface area contributed by atoms with E-state index in [0.717, 1.165) is 30.9 Å². The number of nitrogens with one attached hydrogen (secondary N) is 1. The van der Waals surface area contributed by atoms with Crippen molar-refractivity contribution in [2.75, 3.05) is 18.5 Å². The lowest BCUT2D eigenvalue weighted by Gasteiger charge is -2.34. The van der Waals surface area contributed by atoms with Gasteiger partial charge in [0.25, 0.3) is 0 Å². The maximum Gasteiger partial charge on any atom is 0.193 e. The van der Waals surface area contributed by atoms with Crippen LogP contribution < -0.4 is 11.1 Å². The molecule has 1 saturated heterocycles. The molecule has 1 atom stereocenters. The second kappa shape index (κ2) is 7.53. The number of benzene rings is 1. The highest BCUT2D eigenvalue weighted by atomic mass is 16.7. The summed E-state index contributed by atoms with van der Waals surface area (Å²) in [7, 11) is 0. The second-order valence-electron chi connectivity index (χ2n) is 7.05. The Bertz CT molecular complexity index is 580. The minimum atomic E-state index is -0.357. The van der Waals surface area contributed by atoms with E-state index in [1.807, 2.05) is 12.1 Å². The van der Waals surface area contributed by atoms with Crippen molar-refractivity contribution >= 4 is 11.6 Å². The number of hydrogen-bond acceptors (Lipinski definition) is 3. The predicted molar refractivity (Wildman–Crippen MR) is 97.1 cm³/mol. The van der Waals surface area contributed by atoms with Gasteiger partial charge >= 0.3 is 0 Å². The Kier molecular flexibility index (Phi) is 5.41. The number of hydrogen-bond donors (Lipinski definition) is 2. The fourth-order valence-electron chi connectivity index (χ4n) is 3.43. The van der Waals surface area contributed by atoms with Gasteiger partial charge in [0.05, 0.1) is 13.2 Å². The van der Waals surface area contributed by atoms with E-state index in [4.69, 9.17) is 15.2 Å². The number of aliphatic imine (C=N–C) groups is 1. The van der Waals surface area contributed by atoms with Crippen LogP contribution >= 0.6 is 0 Å². The van der Waals surface area contributed by atoms with Crippen LogP contribution in [0.1, 0.15) is 45.1 Å². The molecule has 0 bridgehead atoms. The van der Waals surface area contributed by atoms with Gasteiger partial charge in [-0.1, -0.05) is 26.0 Å². The lowest BCUT2D eigenvalue weighted by atomic mass is 9.86. The molecule has 5 heteroatoms. The Morgan fingerprint density at radius 1 is 1.38 bits per heavy atom. The molecule has 132 valence electrons. The van der Waals surface area contributed by atoms with Crippen LogP contribution in [0.25, 0.3) is 0 Å². The van der Waals surface area contributed by atoms with Gasteiger partial charge in [-0.3, -0.25) is 4.99 Å². The summed E-state index contributed by atoms with van der Waals surface area (Å²) in [4.78, 5) is 4.43. The Labute approximate surface area is 144 Å². The molecule has 3 N–H and O–H groups in total. The van der Waals surface area contributed by atoms with Gasteiger partial charge in [-0.25, -0.2) is 0 Å². The molecule has 1 spiro atoms. The van der Waals surface area contributed by atoms with Crippen molar-refractivity contribution in [2.24, 2.45) is 16.6 Å². The average Bonchev–Trinajstić information content (AvgIpc) is 2.99. The van der Waals surface area contributed by atoms with E-state index < -0.39 is 0 Å². The van der Waals surface area contributed by atoms with E-state index in [2.05, 4.69) is 36.3 Å². The number of ether oxygens (including phenoxy) is 2. The van der Waals surface area contributed by atoms with Crippen LogP contribution in [0.5, 0.6) is 0 Å². The van der Waals surface area contributed by atoms with Crippen molar-refractivity contribution < 1.29 is 9.47 Å². The van der Waals surface area contributed by atoms with E-state index in [1.54, 1.807) is 0 Å². The zero-order valence-electron chi connectivity index (χ0n) is 14.8. The lowest BCUT2D eigenvalue weighted by Crippen LogP contribution is -2.35. The first-order valence-corrected chi connectivity index (χ1v) is 9.06. The molecular formula is C19H29N3O2. The Morgan fingerprint density at radius 3 is 2.92 bits per heavy atom. The molecule has 1 aromatic carbocycles. The highest BCUT2D eigenvalue weighted by Crippen LogP contribution is 2.39. The smallest absolute Gasteiger partial charge is 0.193 e. The van der Waals surface area contributed by atoms with Crippen molar-refractivity contribution in [3.63, 3.8) is 0 Å². The molecule has 1 aliphatic heterocycles. The summed E-state index contributed by atoms with van der Waals surface area (Å²) in [5.74, 6) is 0.841. The first kappa shape index (κ1) is 17.2. The van der Waals surface area contributed by atoms with E-state index in [9.17, 15) is 0 Å². The predicted octanol–water partition coefficient (Wildman–Crippen LogP) is 3.30. The summed E-state index contributed by atoms with van der Waals surface area (Å²) >= 11 is 0. The van der Waals surface area contributed by atoms with Crippen LogP contribution in [0.4, 0.5) is 5.69 Å². The minimum Gasteiger partial charge on any atom is -0.370 e. The van der Waals surface area contributed by atoms with Gasteiger partial charge < -0.3 is 20.5 Å². The molecule has 0 amide bonds. The zero-order valence-corrected chi connectivity index (χ0v) is 14.8. The minimum absolute atomic E-state index is 0.000678. The van der Waals surface area contributed by atoms with Gasteiger partial charge in [0.2, 0.25) is 0 Å². The van der Waals surface area contributed by atoms with Gasteiger partial charge in [0.1, 0.15) is 6.10 Å². The summed E-state index contributed by atoms with van der Waals surface area (Å²) in [6.45, 7) is 5.57. The maximum absolute atomic E-state index is 6.16. The van der Waals surface area contributed by atoms with Crippen LogP contribution in [0.2, 0.25) is 0 Å². The normalized spacial score (nSPS) is 30.7. The quantitative estimate of drug-likeness (QED) is 0.656. The first-order chi connectivity index (χ1) is 11.6. The van der Waals surface area contributed by atoms with Gasteiger partial charge in [-0.15, -0.1) is 0 Å². The summed E-state index contributed by atoms with van der Waals surface area (Å²) in [6, 6.07) is 8.22. The van der Waals surface area contributed by atoms with Crippen molar-refractivity contribution in [3.8, 4) is 0 Å². The Morgan fingerprint density at radius 2 is 2.17 bits per heavy atom. The summed E-state index contributed by atoms with van der Waals surface area (Å²) in [5, 5.41) is 3.15. The van der Waals surface area contributed by atoms with Crippen molar-refractivity contribution in [3.05, 3.63) is 29.8 Å². The topological polar surface area (TPSA) is 68.9 Å². The molecule has 1 aliphatic carbocycles. The SMILES string of the molecule is CCc1cccc(NC(N)=NCC2COC3(CCC(C)CC3)O2)c1. The van der Waals surface area contributed by atoms with E-state index in [1.165, 1.54) is 18.4 Å². The van der Waals surface area contributed by atoms with Crippen LogP contribution in [0.3, 0.4) is 0 Å². The van der Waals surface area contributed by atoms with Gasteiger partial charge in [-0.2, -0.15) is 0 Å². The number of guanidine groups is 1. The van der Waals surface area contributed by atoms with Gasteiger partial charge in [-0.05, 0) is 42.9 Å². The van der Waals surface area contributed by atoms with Crippen LogP contribution in [0, 0.1) is 5.92 Å². The Balaban J connectivity index is 1.50. The molecule has 0 radical (unpaired) electrons. The standard InChI is InChI=1S/C19H29N3O2/c1-3-15-5-4-6-16(11-15)22-18(20)21-12-17-13-23-19(24-17)9-7-14(2)8-10-19/h4-6,11,14,17H,3,7-10,12-13H2,1-2H3,(H3,20,21,22). The fraction of sp³-hybridized carbons (Fsp3) is 0.632. The molecule has 1 saturated carbocycles. The molecule has 1 unspecified atom stereocenters.